The minimum Gasteiger partial charge on any atom is -0.354 e. The van der Waals surface area contributed by atoms with Gasteiger partial charge in [0.2, 0.25) is 11.8 Å². The van der Waals surface area contributed by atoms with Crippen molar-refractivity contribution in [1.82, 2.24) is 15.6 Å². The van der Waals surface area contributed by atoms with Crippen molar-refractivity contribution in [3.05, 3.63) is 42.1 Å². The fourth-order valence-electron chi connectivity index (χ4n) is 3.39. The largest absolute Gasteiger partial charge is 0.354 e. The molecule has 1 heterocycles. The molecule has 0 bridgehead atoms. The van der Waals surface area contributed by atoms with Crippen LogP contribution >= 0.6 is 0 Å². The van der Waals surface area contributed by atoms with E-state index in [2.05, 4.69) is 41.6 Å². The van der Waals surface area contributed by atoms with E-state index in [-0.39, 0.29) is 17.2 Å². The Morgan fingerprint density at radius 1 is 1.20 bits per heavy atom. The number of amides is 2. The predicted molar refractivity (Wildman–Crippen MR) is 121 cm³/mol. The Morgan fingerprint density at radius 2 is 1.93 bits per heavy atom. The van der Waals surface area contributed by atoms with E-state index in [9.17, 15) is 9.59 Å². The molecule has 0 saturated carbocycles. The molecule has 0 aliphatic heterocycles. The maximum absolute atomic E-state index is 12.3. The summed E-state index contributed by atoms with van der Waals surface area (Å²) in [7, 11) is 0. The summed E-state index contributed by atoms with van der Waals surface area (Å²) in [6.07, 6.45) is 4.78. The lowest BCUT2D eigenvalue weighted by Gasteiger charge is -2.25. The van der Waals surface area contributed by atoms with Gasteiger partial charge < -0.3 is 22.1 Å². The van der Waals surface area contributed by atoms with Gasteiger partial charge in [-0.3, -0.25) is 14.6 Å². The normalized spacial score (nSPS) is 13.6. The smallest absolute Gasteiger partial charge is 0.242 e. The number of nitrogens with zero attached hydrogens (tertiary/aromatic N) is 1. The first kappa shape index (κ1) is 23.8. The summed E-state index contributed by atoms with van der Waals surface area (Å²) in [5.74, 6) is -0.534. The van der Waals surface area contributed by atoms with Crippen LogP contribution in [-0.4, -0.2) is 42.0 Å². The van der Waals surface area contributed by atoms with Gasteiger partial charge in [-0.1, -0.05) is 32.0 Å². The van der Waals surface area contributed by atoms with Gasteiger partial charge in [0.15, 0.2) is 0 Å². The first-order valence-electron chi connectivity index (χ1n) is 10.6. The van der Waals surface area contributed by atoms with Gasteiger partial charge in [-0.05, 0) is 62.3 Å². The van der Waals surface area contributed by atoms with Gasteiger partial charge in [0.05, 0.1) is 11.6 Å². The van der Waals surface area contributed by atoms with Crippen LogP contribution in [0.4, 0.5) is 0 Å². The number of nitrogens with one attached hydrogen (secondary N) is 2. The van der Waals surface area contributed by atoms with Gasteiger partial charge in [0.25, 0.3) is 0 Å². The third kappa shape index (κ3) is 7.39. The second-order valence-electron chi connectivity index (χ2n) is 8.69. The third-order valence-electron chi connectivity index (χ3n) is 5.24. The molecule has 2 aromatic rings. The molecule has 0 fully saturated rings. The Bertz CT molecular complexity index is 852. The van der Waals surface area contributed by atoms with Crippen molar-refractivity contribution in [3.63, 3.8) is 0 Å². The number of carbonyl (C=O) groups is 2. The molecule has 7 nitrogen and oxygen atoms in total. The zero-order valence-electron chi connectivity index (χ0n) is 18.3. The van der Waals surface area contributed by atoms with Gasteiger partial charge in [0, 0.05) is 18.1 Å². The number of aromatic nitrogens is 1. The number of fused-ring (bicyclic) bond motifs is 1. The molecule has 1 aromatic heterocycles. The predicted octanol–water partition coefficient (Wildman–Crippen LogP) is 1.88. The molecule has 164 valence electrons. The molecular formula is C23H35N5O2. The average Bonchev–Trinajstić information content (AvgIpc) is 2.71. The first-order chi connectivity index (χ1) is 14.2. The Morgan fingerprint density at radius 3 is 2.67 bits per heavy atom. The highest BCUT2D eigenvalue weighted by Gasteiger charge is 2.22. The summed E-state index contributed by atoms with van der Waals surface area (Å²) in [4.78, 5) is 28.9. The van der Waals surface area contributed by atoms with E-state index in [0.717, 1.165) is 23.7 Å². The van der Waals surface area contributed by atoms with Crippen LogP contribution in [0.1, 0.15) is 45.6 Å². The van der Waals surface area contributed by atoms with E-state index >= 15 is 0 Å². The first-order valence-corrected chi connectivity index (χ1v) is 10.6. The molecule has 0 aliphatic rings. The zero-order chi connectivity index (χ0) is 22.1. The number of hydrogen-bond acceptors (Lipinski definition) is 5. The number of pyridine rings is 1. The molecule has 7 heteroatoms. The van der Waals surface area contributed by atoms with Crippen LogP contribution in [0.5, 0.6) is 0 Å². The van der Waals surface area contributed by atoms with Crippen LogP contribution in [-0.2, 0) is 16.0 Å². The SMILES string of the molecule is C[C@H](NC(=O)[C@H](N)CCCN)C(=O)NCCC(C)(C)Cc1cnc2ccccc2c1. The van der Waals surface area contributed by atoms with Crippen LogP contribution in [0.25, 0.3) is 10.9 Å². The van der Waals surface area contributed by atoms with Gasteiger partial charge >= 0.3 is 0 Å². The number of benzene rings is 1. The van der Waals surface area contributed by atoms with Crippen molar-refractivity contribution in [1.29, 1.82) is 0 Å². The monoisotopic (exact) mass is 413 g/mol. The van der Waals surface area contributed by atoms with Crippen molar-refractivity contribution in [2.24, 2.45) is 16.9 Å². The van der Waals surface area contributed by atoms with Crippen LogP contribution in [0.3, 0.4) is 0 Å². The Labute approximate surface area is 179 Å². The van der Waals surface area contributed by atoms with Crippen LogP contribution in [0.2, 0.25) is 0 Å². The molecule has 0 aliphatic carbocycles. The molecule has 0 unspecified atom stereocenters. The fraction of sp³-hybridized carbons (Fsp3) is 0.522. The minimum absolute atomic E-state index is 0.00548. The van der Waals surface area contributed by atoms with E-state index in [1.807, 2.05) is 24.4 Å². The van der Waals surface area contributed by atoms with E-state index in [0.29, 0.717) is 25.9 Å². The number of hydrogen-bond donors (Lipinski definition) is 4. The van der Waals surface area contributed by atoms with Crippen LogP contribution in [0, 0.1) is 5.41 Å². The van der Waals surface area contributed by atoms with E-state index in [1.165, 1.54) is 5.56 Å². The molecule has 0 saturated heterocycles. The maximum Gasteiger partial charge on any atom is 0.242 e. The zero-order valence-corrected chi connectivity index (χ0v) is 18.3. The standard InChI is InChI=1S/C23H35N5O2/c1-16(28-22(30)19(25)8-6-11-24)21(29)26-12-10-23(2,3)14-17-13-18-7-4-5-9-20(18)27-15-17/h4-5,7,9,13,15-16,19H,6,8,10-12,14,24-25H2,1-3H3,(H,26,29)(H,28,30)/t16-,19+/m0/s1. The highest BCUT2D eigenvalue weighted by Crippen LogP contribution is 2.26. The summed E-state index contributed by atoms with van der Waals surface area (Å²) >= 11 is 0. The van der Waals surface area contributed by atoms with Crippen LogP contribution < -0.4 is 22.1 Å². The van der Waals surface area contributed by atoms with Crippen molar-refractivity contribution in [2.45, 2.75) is 58.5 Å². The van der Waals surface area contributed by atoms with Crippen molar-refractivity contribution >= 4 is 22.7 Å². The molecule has 6 N–H and O–H groups in total. The average molecular weight is 414 g/mol. The molecule has 0 radical (unpaired) electrons. The number of nitrogens with two attached hydrogens (primary N) is 2. The third-order valence-corrected chi connectivity index (χ3v) is 5.24. The van der Waals surface area contributed by atoms with Gasteiger partial charge in [-0.15, -0.1) is 0 Å². The topological polar surface area (TPSA) is 123 Å². The highest BCUT2D eigenvalue weighted by molar-refractivity contribution is 5.89. The molecule has 1 aromatic carbocycles. The second kappa shape index (κ2) is 11.0. The summed E-state index contributed by atoms with van der Waals surface area (Å²) in [5.41, 5.74) is 13.4. The molecule has 2 rings (SSSR count). The lowest BCUT2D eigenvalue weighted by molar-refractivity contribution is -0.129. The van der Waals surface area contributed by atoms with E-state index < -0.39 is 12.1 Å². The van der Waals surface area contributed by atoms with Crippen molar-refractivity contribution in [3.8, 4) is 0 Å². The van der Waals surface area contributed by atoms with Crippen LogP contribution in [0.15, 0.2) is 36.5 Å². The highest BCUT2D eigenvalue weighted by atomic mass is 16.2. The van der Waals surface area contributed by atoms with E-state index in [4.69, 9.17) is 11.5 Å². The summed E-state index contributed by atoms with van der Waals surface area (Å²) in [6, 6.07) is 8.97. The molecule has 0 spiro atoms. The van der Waals surface area contributed by atoms with Crippen molar-refractivity contribution in [2.75, 3.05) is 13.1 Å². The molecule has 2 atom stereocenters. The fourth-order valence-corrected chi connectivity index (χ4v) is 3.39. The summed E-state index contributed by atoms with van der Waals surface area (Å²) in [5, 5.41) is 6.71. The summed E-state index contributed by atoms with van der Waals surface area (Å²) < 4.78 is 0. The van der Waals surface area contributed by atoms with Gasteiger partial charge in [-0.2, -0.15) is 0 Å². The number of rotatable bonds is 11. The number of para-hydroxylation sites is 1. The van der Waals surface area contributed by atoms with E-state index in [1.54, 1.807) is 6.92 Å². The lowest BCUT2D eigenvalue weighted by Crippen LogP contribution is -2.50. The molecular weight excluding hydrogens is 378 g/mol. The van der Waals surface area contributed by atoms with Gasteiger partial charge in [-0.25, -0.2) is 0 Å². The Balaban J connectivity index is 1.79. The molecule has 2 amide bonds. The second-order valence-corrected chi connectivity index (χ2v) is 8.69. The quantitative estimate of drug-likeness (QED) is 0.448. The Hall–Kier alpha value is -2.51. The lowest BCUT2D eigenvalue weighted by atomic mass is 9.83. The summed E-state index contributed by atoms with van der Waals surface area (Å²) in [6.45, 7) is 7.04. The Kier molecular flexibility index (Phi) is 8.74. The molecule has 30 heavy (non-hydrogen) atoms. The van der Waals surface area contributed by atoms with Gasteiger partial charge in [0.1, 0.15) is 6.04 Å². The maximum atomic E-state index is 12.3. The number of carbonyl (C=O) groups excluding carboxylic acids is 2. The van der Waals surface area contributed by atoms with Crippen molar-refractivity contribution < 1.29 is 9.59 Å². The minimum atomic E-state index is -0.640.